The van der Waals surface area contributed by atoms with Gasteiger partial charge >= 0.3 is 0 Å². The average molecular weight is 415 g/mol. The van der Waals surface area contributed by atoms with Gasteiger partial charge in [-0.1, -0.05) is 43.3 Å². The standard InChI is InChI=1S/C25H26N4O2/c1-2-22(30)18-7-6-8-19(15-18)29-25-23(24(26)27-16-28-25)17-11-13-21(14-12-17)31-20-9-4-3-5-10-20/h2-5,9-14,16,18-19H,1,6-8,15H2,(H3,26,27,28,29)/t18-,19?/m0/s1. The van der Waals surface area contributed by atoms with Gasteiger partial charge in [0.15, 0.2) is 5.78 Å². The van der Waals surface area contributed by atoms with Crippen LogP contribution in [0.4, 0.5) is 11.6 Å². The number of carbonyl (C=O) groups excluding carboxylic acids is 1. The zero-order valence-electron chi connectivity index (χ0n) is 17.3. The van der Waals surface area contributed by atoms with Crippen LogP contribution in [0.2, 0.25) is 0 Å². The van der Waals surface area contributed by atoms with Crippen LogP contribution in [0.1, 0.15) is 25.7 Å². The van der Waals surface area contributed by atoms with Gasteiger partial charge in [-0.15, -0.1) is 0 Å². The molecule has 1 aliphatic carbocycles. The Labute approximate surface area is 182 Å². The number of anilines is 2. The van der Waals surface area contributed by atoms with Crippen molar-refractivity contribution in [3.63, 3.8) is 0 Å². The largest absolute Gasteiger partial charge is 0.457 e. The van der Waals surface area contributed by atoms with Crippen molar-refractivity contribution >= 4 is 17.4 Å². The summed E-state index contributed by atoms with van der Waals surface area (Å²) in [7, 11) is 0. The number of nitrogens with zero attached hydrogens (tertiary/aromatic N) is 2. The molecular formula is C25H26N4O2. The molecule has 1 unspecified atom stereocenters. The van der Waals surface area contributed by atoms with Gasteiger partial charge in [-0.25, -0.2) is 9.97 Å². The van der Waals surface area contributed by atoms with E-state index in [4.69, 9.17) is 10.5 Å². The van der Waals surface area contributed by atoms with Gasteiger partial charge < -0.3 is 15.8 Å². The van der Waals surface area contributed by atoms with Crippen molar-refractivity contribution < 1.29 is 9.53 Å². The third kappa shape index (κ3) is 4.91. The zero-order chi connectivity index (χ0) is 21.6. The molecule has 31 heavy (non-hydrogen) atoms. The molecule has 0 spiro atoms. The second kappa shape index (κ2) is 9.43. The first-order chi connectivity index (χ1) is 15.1. The fourth-order valence-corrected chi connectivity index (χ4v) is 4.05. The minimum atomic E-state index is 0.0146. The van der Waals surface area contributed by atoms with E-state index < -0.39 is 0 Å². The molecule has 1 heterocycles. The van der Waals surface area contributed by atoms with E-state index in [2.05, 4.69) is 21.9 Å². The van der Waals surface area contributed by atoms with E-state index in [0.29, 0.717) is 11.6 Å². The lowest BCUT2D eigenvalue weighted by Gasteiger charge is -2.29. The third-order valence-corrected chi connectivity index (χ3v) is 5.62. The second-order valence-electron chi connectivity index (χ2n) is 7.73. The number of nitrogens with two attached hydrogens (primary N) is 1. The van der Waals surface area contributed by atoms with Crippen molar-refractivity contribution in [3.8, 4) is 22.6 Å². The number of aromatic nitrogens is 2. The Balaban J connectivity index is 1.54. The van der Waals surface area contributed by atoms with Crippen molar-refractivity contribution in [2.24, 2.45) is 5.92 Å². The number of hydrogen-bond donors (Lipinski definition) is 2. The first kappa shape index (κ1) is 20.6. The Hall–Kier alpha value is -3.67. The van der Waals surface area contributed by atoms with Crippen LogP contribution in [0, 0.1) is 5.92 Å². The summed E-state index contributed by atoms with van der Waals surface area (Å²) in [6.45, 7) is 3.63. The van der Waals surface area contributed by atoms with Gasteiger partial charge in [0, 0.05) is 12.0 Å². The lowest BCUT2D eigenvalue weighted by Crippen LogP contribution is -2.31. The van der Waals surface area contributed by atoms with Crippen LogP contribution >= 0.6 is 0 Å². The Kier molecular flexibility index (Phi) is 6.26. The lowest BCUT2D eigenvalue weighted by molar-refractivity contribution is -0.119. The van der Waals surface area contributed by atoms with Crippen molar-refractivity contribution in [2.45, 2.75) is 31.7 Å². The molecule has 3 N–H and O–H groups in total. The monoisotopic (exact) mass is 414 g/mol. The van der Waals surface area contributed by atoms with Crippen LogP contribution in [-0.4, -0.2) is 21.8 Å². The van der Waals surface area contributed by atoms with E-state index in [1.54, 1.807) is 0 Å². The molecule has 158 valence electrons. The molecular weight excluding hydrogens is 388 g/mol. The summed E-state index contributed by atoms with van der Waals surface area (Å²) >= 11 is 0. The summed E-state index contributed by atoms with van der Waals surface area (Å²) in [5.41, 5.74) is 7.88. The first-order valence-electron chi connectivity index (χ1n) is 10.5. The molecule has 6 heteroatoms. The number of ketones is 1. The fourth-order valence-electron chi connectivity index (χ4n) is 4.05. The maximum absolute atomic E-state index is 12.1. The van der Waals surface area contributed by atoms with Gasteiger partial charge in [-0.3, -0.25) is 4.79 Å². The summed E-state index contributed by atoms with van der Waals surface area (Å²) in [4.78, 5) is 20.7. The highest BCUT2D eigenvalue weighted by atomic mass is 16.5. The van der Waals surface area contributed by atoms with E-state index in [9.17, 15) is 4.79 Å². The Morgan fingerprint density at radius 1 is 1.06 bits per heavy atom. The molecule has 4 rings (SSSR count). The van der Waals surface area contributed by atoms with Crippen LogP contribution < -0.4 is 15.8 Å². The molecule has 1 saturated carbocycles. The van der Waals surface area contributed by atoms with Gasteiger partial charge in [-0.05, 0) is 55.2 Å². The highest BCUT2D eigenvalue weighted by Gasteiger charge is 2.26. The Morgan fingerprint density at radius 2 is 1.81 bits per heavy atom. The normalized spacial score (nSPS) is 18.2. The van der Waals surface area contributed by atoms with Gasteiger partial charge in [0.25, 0.3) is 0 Å². The quantitative estimate of drug-likeness (QED) is 0.514. The van der Waals surface area contributed by atoms with E-state index in [-0.39, 0.29) is 17.7 Å². The minimum absolute atomic E-state index is 0.0146. The third-order valence-electron chi connectivity index (χ3n) is 5.62. The molecule has 2 atom stereocenters. The second-order valence-corrected chi connectivity index (χ2v) is 7.73. The summed E-state index contributed by atoms with van der Waals surface area (Å²) in [6.07, 6.45) is 6.53. The summed E-state index contributed by atoms with van der Waals surface area (Å²) in [6, 6.07) is 17.5. The van der Waals surface area contributed by atoms with Gasteiger partial charge in [-0.2, -0.15) is 0 Å². The Morgan fingerprint density at radius 3 is 2.55 bits per heavy atom. The van der Waals surface area contributed by atoms with Crippen LogP contribution in [0.3, 0.4) is 0 Å². The maximum atomic E-state index is 12.1. The minimum Gasteiger partial charge on any atom is -0.457 e. The predicted molar refractivity (Wildman–Crippen MR) is 123 cm³/mol. The smallest absolute Gasteiger partial charge is 0.158 e. The average Bonchev–Trinajstić information content (AvgIpc) is 2.80. The number of ether oxygens (including phenoxy) is 1. The van der Waals surface area contributed by atoms with Crippen LogP contribution in [-0.2, 0) is 4.79 Å². The Bertz CT molecular complexity index is 1050. The number of benzene rings is 2. The topological polar surface area (TPSA) is 90.1 Å². The number of carbonyl (C=O) groups is 1. The number of nitrogen functional groups attached to an aromatic ring is 1. The molecule has 3 aromatic rings. The van der Waals surface area contributed by atoms with Gasteiger partial charge in [0.1, 0.15) is 29.5 Å². The SMILES string of the molecule is C=CC(=O)[C@H]1CCCC(Nc2ncnc(N)c2-c2ccc(Oc3ccccc3)cc2)C1. The van der Waals surface area contributed by atoms with Crippen molar-refractivity contribution in [1.82, 2.24) is 9.97 Å². The number of hydrogen-bond acceptors (Lipinski definition) is 6. The van der Waals surface area contributed by atoms with Gasteiger partial charge in [0.05, 0.1) is 5.56 Å². The highest BCUT2D eigenvalue weighted by Crippen LogP contribution is 2.35. The van der Waals surface area contributed by atoms with Crippen LogP contribution in [0.15, 0.2) is 73.6 Å². The molecule has 0 radical (unpaired) electrons. The molecule has 1 aliphatic rings. The van der Waals surface area contributed by atoms with E-state index in [0.717, 1.165) is 48.3 Å². The molecule has 0 bridgehead atoms. The highest BCUT2D eigenvalue weighted by molar-refractivity contribution is 5.91. The van der Waals surface area contributed by atoms with Crippen molar-refractivity contribution in [2.75, 3.05) is 11.1 Å². The van der Waals surface area contributed by atoms with Crippen LogP contribution in [0.25, 0.3) is 11.1 Å². The van der Waals surface area contributed by atoms with E-state index in [1.165, 1.54) is 12.4 Å². The van der Waals surface area contributed by atoms with E-state index >= 15 is 0 Å². The first-order valence-corrected chi connectivity index (χ1v) is 10.5. The summed E-state index contributed by atoms with van der Waals surface area (Å²) < 4.78 is 5.88. The van der Waals surface area contributed by atoms with Crippen molar-refractivity contribution in [1.29, 1.82) is 0 Å². The molecule has 1 aromatic heterocycles. The number of rotatable bonds is 7. The molecule has 0 aliphatic heterocycles. The summed E-state index contributed by atoms with van der Waals surface area (Å²) in [5.74, 6) is 2.73. The molecule has 1 fully saturated rings. The number of nitrogens with one attached hydrogen (secondary N) is 1. The summed E-state index contributed by atoms with van der Waals surface area (Å²) in [5, 5.41) is 3.50. The number of para-hydroxylation sites is 1. The molecule has 2 aromatic carbocycles. The molecule has 0 amide bonds. The van der Waals surface area contributed by atoms with Crippen molar-refractivity contribution in [3.05, 3.63) is 73.6 Å². The van der Waals surface area contributed by atoms with Gasteiger partial charge in [0.2, 0.25) is 0 Å². The van der Waals surface area contributed by atoms with E-state index in [1.807, 2.05) is 54.6 Å². The van der Waals surface area contributed by atoms with Crippen LogP contribution in [0.5, 0.6) is 11.5 Å². The predicted octanol–water partition coefficient (Wildman–Crippen LogP) is 5.24. The molecule has 0 saturated heterocycles. The number of allylic oxidation sites excluding steroid dienone is 1. The maximum Gasteiger partial charge on any atom is 0.158 e. The lowest BCUT2D eigenvalue weighted by atomic mass is 9.83. The fraction of sp³-hybridized carbons (Fsp3) is 0.240. The zero-order valence-corrected chi connectivity index (χ0v) is 17.3. The molecule has 6 nitrogen and oxygen atoms in total.